The van der Waals surface area contributed by atoms with E-state index in [0.717, 1.165) is 16.4 Å². The van der Waals surface area contributed by atoms with Gasteiger partial charge in [-0.15, -0.1) is 0 Å². The van der Waals surface area contributed by atoms with Gasteiger partial charge in [-0.1, -0.05) is 30.3 Å². The highest BCUT2D eigenvalue weighted by Crippen LogP contribution is 2.34. The number of rotatable bonds is 9. The molecule has 1 N–H and O–H groups in total. The van der Waals surface area contributed by atoms with Gasteiger partial charge >= 0.3 is 0 Å². The van der Waals surface area contributed by atoms with Crippen LogP contribution in [-0.4, -0.2) is 26.2 Å². The monoisotopic (exact) mass is 490 g/mol. The summed E-state index contributed by atoms with van der Waals surface area (Å²) in [4.78, 5) is 12.3. The molecule has 0 unspecified atom stereocenters. The molecule has 0 fully saturated rings. The van der Waals surface area contributed by atoms with E-state index in [4.69, 9.17) is 9.47 Å². The Kier molecular flexibility index (Phi) is 8.82. The Labute approximate surface area is 179 Å². The molecule has 5 nitrogen and oxygen atoms in total. The lowest BCUT2D eigenvalue weighted by atomic mass is 10.1. The Balaban J connectivity index is 2.04. The number of ether oxygens (including phenoxy) is 2. The number of hydrogen-bond donors (Lipinski definition) is 1. The van der Waals surface area contributed by atoms with Crippen LogP contribution in [0.4, 0.5) is 0 Å². The van der Waals surface area contributed by atoms with Gasteiger partial charge in [0.15, 0.2) is 11.5 Å². The molecule has 0 aromatic heterocycles. The molecule has 0 aliphatic heterocycles. The van der Waals surface area contributed by atoms with Crippen LogP contribution in [0.2, 0.25) is 0 Å². The molecule has 2 aromatic rings. The number of amides is 1. The lowest BCUT2D eigenvalue weighted by Crippen LogP contribution is -2.25. The molecule has 0 heterocycles. The van der Waals surface area contributed by atoms with Gasteiger partial charge in [0.2, 0.25) is 0 Å². The fraction of sp³-hybridized carbons (Fsp3) is 0.273. The summed E-state index contributed by atoms with van der Waals surface area (Å²) in [6.07, 6.45) is 3.25. The van der Waals surface area contributed by atoms with Gasteiger partial charge in [0.1, 0.15) is 11.6 Å². The van der Waals surface area contributed by atoms with E-state index in [0.29, 0.717) is 30.2 Å². The largest absolute Gasteiger partial charge is 0.492 e. The highest BCUT2D eigenvalue weighted by Gasteiger charge is 2.13. The molecule has 146 valence electrons. The molecule has 1 amide bonds. The highest BCUT2D eigenvalue weighted by atomic mass is 127. The zero-order chi connectivity index (χ0) is 20.4. The summed E-state index contributed by atoms with van der Waals surface area (Å²) in [5, 5.41) is 12.2. The maximum absolute atomic E-state index is 12.3. The maximum Gasteiger partial charge on any atom is 0.261 e. The van der Waals surface area contributed by atoms with E-state index >= 15 is 0 Å². The summed E-state index contributed by atoms with van der Waals surface area (Å²) in [5.74, 6) is 0.853. The normalized spacial score (nSPS) is 10.9. The Morgan fingerprint density at radius 3 is 2.68 bits per heavy atom. The minimum Gasteiger partial charge on any atom is -0.492 e. The number of hydrogen-bond acceptors (Lipinski definition) is 4. The van der Waals surface area contributed by atoms with E-state index < -0.39 is 0 Å². The quantitative estimate of drug-likeness (QED) is 0.246. The molecule has 0 saturated heterocycles. The minimum atomic E-state index is -0.376. The Hall–Kier alpha value is -2.53. The van der Waals surface area contributed by atoms with E-state index in [1.54, 1.807) is 19.3 Å². The molecule has 2 rings (SSSR count). The zero-order valence-electron chi connectivity index (χ0n) is 16.0. The number of methoxy groups -OCH3 is 1. The van der Waals surface area contributed by atoms with Crippen molar-refractivity contribution in [3.63, 3.8) is 0 Å². The first kappa shape index (κ1) is 21.8. The fourth-order valence-electron chi connectivity index (χ4n) is 2.68. The first-order valence-electron chi connectivity index (χ1n) is 9.03. The summed E-state index contributed by atoms with van der Waals surface area (Å²) in [6.45, 7) is 2.89. The summed E-state index contributed by atoms with van der Waals surface area (Å²) in [7, 11) is 1.58. The molecular formula is C22H23IN2O3. The van der Waals surface area contributed by atoms with Gasteiger partial charge in [-0.3, -0.25) is 4.79 Å². The lowest BCUT2D eigenvalue weighted by Gasteiger charge is -2.12. The molecule has 0 radical (unpaired) electrons. The molecule has 0 atom stereocenters. The van der Waals surface area contributed by atoms with E-state index in [1.165, 1.54) is 5.56 Å². The lowest BCUT2D eigenvalue weighted by molar-refractivity contribution is -0.117. The van der Waals surface area contributed by atoms with Crippen molar-refractivity contribution < 1.29 is 14.3 Å². The zero-order valence-corrected chi connectivity index (χ0v) is 18.2. The van der Waals surface area contributed by atoms with Crippen molar-refractivity contribution in [2.75, 3.05) is 20.3 Å². The first-order chi connectivity index (χ1) is 13.6. The van der Waals surface area contributed by atoms with Crippen LogP contribution in [0.1, 0.15) is 24.5 Å². The average molecular weight is 490 g/mol. The predicted molar refractivity (Wildman–Crippen MR) is 118 cm³/mol. The van der Waals surface area contributed by atoms with Crippen molar-refractivity contribution in [2.45, 2.75) is 19.8 Å². The SMILES string of the molecule is CCOc1cc(/C=C(/C#N)C(=O)NCCCc2ccccc2)cc(I)c1OC. The molecule has 0 spiro atoms. The molecule has 6 heteroatoms. The summed E-state index contributed by atoms with van der Waals surface area (Å²) in [6, 6.07) is 15.7. The van der Waals surface area contributed by atoms with Crippen molar-refractivity contribution in [1.82, 2.24) is 5.32 Å². The van der Waals surface area contributed by atoms with E-state index in [1.807, 2.05) is 37.3 Å². The third kappa shape index (κ3) is 6.27. The number of carbonyl (C=O) groups is 1. The van der Waals surface area contributed by atoms with Gasteiger partial charge in [-0.25, -0.2) is 0 Å². The van der Waals surface area contributed by atoms with Crippen LogP contribution in [0, 0.1) is 14.9 Å². The second kappa shape index (κ2) is 11.3. The number of aryl methyl sites for hydroxylation is 1. The van der Waals surface area contributed by atoms with Crippen LogP contribution in [0.25, 0.3) is 6.08 Å². The molecule has 0 bridgehead atoms. The second-order valence-corrected chi connectivity index (χ2v) is 7.14. The van der Waals surface area contributed by atoms with Crippen LogP contribution in [0.15, 0.2) is 48.0 Å². The fourth-order valence-corrected chi connectivity index (χ4v) is 3.53. The molecule has 2 aromatic carbocycles. The average Bonchev–Trinajstić information content (AvgIpc) is 2.70. The maximum atomic E-state index is 12.3. The molecule has 28 heavy (non-hydrogen) atoms. The van der Waals surface area contributed by atoms with Crippen molar-refractivity contribution in [1.29, 1.82) is 5.26 Å². The molecular weight excluding hydrogens is 467 g/mol. The van der Waals surface area contributed by atoms with Crippen LogP contribution in [-0.2, 0) is 11.2 Å². The number of nitriles is 1. The van der Waals surface area contributed by atoms with Crippen molar-refractivity contribution in [2.24, 2.45) is 0 Å². The van der Waals surface area contributed by atoms with Crippen molar-refractivity contribution >= 4 is 34.6 Å². The second-order valence-electron chi connectivity index (χ2n) is 5.98. The van der Waals surface area contributed by atoms with Crippen LogP contribution in [0.3, 0.4) is 0 Å². The van der Waals surface area contributed by atoms with Crippen LogP contribution in [0.5, 0.6) is 11.5 Å². The smallest absolute Gasteiger partial charge is 0.261 e. The van der Waals surface area contributed by atoms with Gasteiger partial charge in [0.05, 0.1) is 17.3 Å². The molecule has 0 aliphatic carbocycles. The number of nitrogens with zero attached hydrogens (tertiary/aromatic N) is 1. The topological polar surface area (TPSA) is 71.3 Å². The molecule has 0 saturated carbocycles. The number of carbonyl (C=O) groups excluding carboxylic acids is 1. The third-order valence-corrected chi connectivity index (χ3v) is 4.78. The van der Waals surface area contributed by atoms with Crippen LogP contribution >= 0.6 is 22.6 Å². The van der Waals surface area contributed by atoms with Gasteiger partial charge in [-0.05, 0) is 71.7 Å². The molecule has 0 aliphatic rings. The summed E-state index contributed by atoms with van der Waals surface area (Å²) < 4.78 is 11.8. The predicted octanol–water partition coefficient (Wildman–Crippen LogP) is 4.35. The standard InChI is InChI=1S/C22H23IN2O3/c1-3-28-20-14-17(13-19(23)21(20)27-2)12-18(15-24)22(26)25-11-7-10-16-8-5-4-6-9-16/h4-6,8-9,12-14H,3,7,10-11H2,1-2H3,(H,25,26)/b18-12-. The number of benzene rings is 2. The third-order valence-electron chi connectivity index (χ3n) is 3.98. The van der Waals surface area contributed by atoms with E-state index in [2.05, 4.69) is 40.0 Å². The minimum absolute atomic E-state index is 0.0585. The summed E-state index contributed by atoms with van der Waals surface area (Å²) in [5.41, 5.74) is 2.00. The summed E-state index contributed by atoms with van der Waals surface area (Å²) >= 11 is 2.14. The van der Waals surface area contributed by atoms with Crippen molar-refractivity contribution in [3.05, 3.63) is 62.7 Å². The number of nitrogens with one attached hydrogen (secondary N) is 1. The van der Waals surface area contributed by atoms with E-state index in [9.17, 15) is 10.1 Å². The van der Waals surface area contributed by atoms with Crippen molar-refractivity contribution in [3.8, 4) is 17.6 Å². The van der Waals surface area contributed by atoms with Gasteiger partial charge < -0.3 is 14.8 Å². The van der Waals surface area contributed by atoms with Crippen LogP contribution < -0.4 is 14.8 Å². The van der Waals surface area contributed by atoms with E-state index in [-0.39, 0.29) is 11.5 Å². The van der Waals surface area contributed by atoms with Gasteiger partial charge in [-0.2, -0.15) is 5.26 Å². The Bertz CT molecular complexity index is 873. The first-order valence-corrected chi connectivity index (χ1v) is 10.1. The highest BCUT2D eigenvalue weighted by molar-refractivity contribution is 14.1. The van der Waals surface area contributed by atoms with Gasteiger partial charge in [0.25, 0.3) is 5.91 Å². The Morgan fingerprint density at radius 2 is 2.04 bits per heavy atom. The number of halogens is 1. The van der Waals surface area contributed by atoms with Gasteiger partial charge in [0, 0.05) is 6.54 Å². The Morgan fingerprint density at radius 1 is 1.29 bits per heavy atom.